The van der Waals surface area contributed by atoms with Gasteiger partial charge in [-0.25, -0.2) is 0 Å². The second kappa shape index (κ2) is 6.36. The number of ether oxygens (including phenoxy) is 1. The summed E-state index contributed by atoms with van der Waals surface area (Å²) in [5.41, 5.74) is -0.297. The first kappa shape index (κ1) is 14.5. The Labute approximate surface area is 108 Å². The van der Waals surface area contributed by atoms with E-state index in [1.54, 1.807) is 0 Å². The van der Waals surface area contributed by atoms with Crippen LogP contribution in [-0.2, 0) is 4.79 Å². The summed E-state index contributed by atoms with van der Waals surface area (Å²) in [6.45, 7) is 5.29. The van der Waals surface area contributed by atoms with Crippen molar-refractivity contribution in [2.45, 2.75) is 32.8 Å². The lowest BCUT2D eigenvalue weighted by Gasteiger charge is -2.17. The third-order valence-corrected chi connectivity index (χ3v) is 2.82. The normalized spacial score (nSPS) is 15.0. The van der Waals surface area contributed by atoms with Gasteiger partial charge in [0.05, 0.1) is 0 Å². The lowest BCUT2D eigenvalue weighted by Crippen LogP contribution is -2.32. The molecule has 3 heteroatoms. The van der Waals surface area contributed by atoms with Gasteiger partial charge in [-0.05, 0) is 38.5 Å². The van der Waals surface area contributed by atoms with Crippen molar-refractivity contribution in [1.29, 1.82) is 0 Å². The van der Waals surface area contributed by atoms with Crippen LogP contribution in [0.5, 0.6) is 5.75 Å². The summed E-state index contributed by atoms with van der Waals surface area (Å²) in [5, 5.41) is 9.79. The van der Waals surface area contributed by atoms with Crippen LogP contribution in [0.2, 0.25) is 0 Å². The molecular weight excluding hydrogens is 228 g/mol. The highest BCUT2D eigenvalue weighted by molar-refractivity contribution is 5.84. The third kappa shape index (κ3) is 4.72. The Morgan fingerprint density at radius 2 is 1.94 bits per heavy atom. The van der Waals surface area contributed by atoms with E-state index in [-0.39, 0.29) is 5.78 Å². The van der Waals surface area contributed by atoms with Crippen molar-refractivity contribution in [2.24, 2.45) is 0 Å². The van der Waals surface area contributed by atoms with Crippen LogP contribution in [-0.4, -0.2) is 23.1 Å². The molecule has 1 N–H and O–H groups in total. The maximum atomic E-state index is 11.1. The zero-order valence-corrected chi connectivity index (χ0v) is 11.1. The molecule has 0 amide bonds. The molecule has 1 atom stereocenters. The van der Waals surface area contributed by atoms with E-state index in [4.69, 9.17) is 4.74 Å². The number of carbonyl (C=O) groups is 1. The average molecular weight is 248 g/mol. The third-order valence-electron chi connectivity index (χ3n) is 2.82. The highest BCUT2D eigenvalue weighted by Crippen LogP contribution is 2.14. The molecular formula is C15H20O3. The molecule has 0 spiro atoms. The van der Waals surface area contributed by atoms with Gasteiger partial charge in [-0.2, -0.15) is 0 Å². The number of hydrogen-bond acceptors (Lipinski definition) is 3. The zero-order chi connectivity index (χ0) is 13.6. The van der Waals surface area contributed by atoms with Gasteiger partial charge >= 0.3 is 0 Å². The minimum atomic E-state index is -1.28. The summed E-state index contributed by atoms with van der Waals surface area (Å²) in [7, 11) is 0. The lowest BCUT2D eigenvalue weighted by atomic mass is 9.97. The fraction of sp³-hybridized carbons (Fsp3) is 0.400. The first-order valence-electron chi connectivity index (χ1n) is 5.99. The SMILES string of the molecule is CC(=O)C(C)(O)C/C=C(\C)COc1ccccc1. The molecule has 0 aliphatic heterocycles. The molecule has 0 aliphatic rings. The van der Waals surface area contributed by atoms with E-state index in [1.165, 1.54) is 13.8 Å². The van der Waals surface area contributed by atoms with Gasteiger partial charge in [0.15, 0.2) is 5.78 Å². The Kier molecular flexibility index (Phi) is 5.10. The minimum Gasteiger partial charge on any atom is -0.489 e. The monoisotopic (exact) mass is 248 g/mol. The second-order valence-corrected chi connectivity index (χ2v) is 4.69. The highest BCUT2D eigenvalue weighted by atomic mass is 16.5. The van der Waals surface area contributed by atoms with Gasteiger partial charge < -0.3 is 9.84 Å². The summed E-state index contributed by atoms with van der Waals surface area (Å²) in [6.07, 6.45) is 2.15. The van der Waals surface area contributed by atoms with Gasteiger partial charge in [-0.1, -0.05) is 24.3 Å². The number of rotatable bonds is 6. The minimum absolute atomic E-state index is 0.226. The van der Waals surface area contributed by atoms with Crippen LogP contribution < -0.4 is 4.74 Å². The summed E-state index contributed by atoms with van der Waals surface area (Å²) in [6, 6.07) is 9.53. The van der Waals surface area contributed by atoms with E-state index in [0.717, 1.165) is 11.3 Å². The molecule has 98 valence electrons. The molecule has 0 heterocycles. The van der Waals surface area contributed by atoms with Crippen molar-refractivity contribution >= 4 is 5.78 Å². The van der Waals surface area contributed by atoms with E-state index in [9.17, 15) is 9.90 Å². The van der Waals surface area contributed by atoms with E-state index in [1.807, 2.05) is 43.3 Å². The summed E-state index contributed by atoms with van der Waals surface area (Å²) < 4.78 is 5.56. The van der Waals surface area contributed by atoms with E-state index < -0.39 is 5.60 Å². The zero-order valence-electron chi connectivity index (χ0n) is 11.1. The molecule has 18 heavy (non-hydrogen) atoms. The summed E-state index contributed by atoms with van der Waals surface area (Å²) in [5.74, 6) is 0.583. The van der Waals surface area contributed by atoms with Crippen molar-refractivity contribution < 1.29 is 14.6 Å². The number of para-hydroxylation sites is 1. The number of ketones is 1. The van der Waals surface area contributed by atoms with Gasteiger partial charge in [0.1, 0.15) is 18.0 Å². The van der Waals surface area contributed by atoms with Crippen molar-refractivity contribution in [1.82, 2.24) is 0 Å². The van der Waals surface area contributed by atoms with Gasteiger partial charge in [-0.3, -0.25) is 4.79 Å². The van der Waals surface area contributed by atoms with Crippen LogP contribution >= 0.6 is 0 Å². The maximum Gasteiger partial charge on any atom is 0.161 e. The molecule has 1 rings (SSSR count). The Morgan fingerprint density at radius 1 is 1.33 bits per heavy atom. The molecule has 0 aromatic heterocycles. The van der Waals surface area contributed by atoms with Crippen LogP contribution in [0.3, 0.4) is 0 Å². The van der Waals surface area contributed by atoms with Crippen molar-refractivity contribution in [3.8, 4) is 5.75 Å². The lowest BCUT2D eigenvalue weighted by molar-refractivity contribution is -0.133. The molecule has 0 saturated heterocycles. The van der Waals surface area contributed by atoms with Crippen molar-refractivity contribution in [3.05, 3.63) is 42.0 Å². The average Bonchev–Trinajstić information content (AvgIpc) is 2.35. The number of aliphatic hydroxyl groups is 1. The van der Waals surface area contributed by atoms with Crippen molar-refractivity contribution in [3.63, 3.8) is 0 Å². The molecule has 1 aromatic rings. The van der Waals surface area contributed by atoms with Gasteiger partial charge in [0, 0.05) is 6.42 Å². The number of benzene rings is 1. The molecule has 0 fully saturated rings. The molecule has 0 aliphatic carbocycles. The van der Waals surface area contributed by atoms with E-state index in [2.05, 4.69) is 0 Å². The maximum absolute atomic E-state index is 11.1. The fourth-order valence-electron chi connectivity index (χ4n) is 1.29. The first-order valence-corrected chi connectivity index (χ1v) is 5.99. The number of hydrogen-bond donors (Lipinski definition) is 1. The second-order valence-electron chi connectivity index (χ2n) is 4.69. The van der Waals surface area contributed by atoms with Crippen LogP contribution in [0.1, 0.15) is 27.2 Å². The molecule has 0 saturated carbocycles. The fourth-order valence-corrected chi connectivity index (χ4v) is 1.29. The van der Waals surface area contributed by atoms with E-state index >= 15 is 0 Å². The first-order chi connectivity index (χ1) is 8.42. The Balaban J connectivity index is 2.46. The van der Waals surface area contributed by atoms with Crippen molar-refractivity contribution in [2.75, 3.05) is 6.61 Å². The Hall–Kier alpha value is -1.61. The standard InChI is InChI=1S/C15H20O3/c1-12(9-10-15(3,17)13(2)16)11-18-14-7-5-4-6-8-14/h4-9,17H,10-11H2,1-3H3/b12-9+. The largest absolute Gasteiger partial charge is 0.489 e. The number of carbonyl (C=O) groups excluding carboxylic acids is 1. The summed E-state index contributed by atoms with van der Waals surface area (Å²) >= 11 is 0. The van der Waals surface area contributed by atoms with E-state index in [0.29, 0.717) is 13.0 Å². The molecule has 1 unspecified atom stereocenters. The Bertz CT molecular complexity index is 419. The van der Waals surface area contributed by atoms with Gasteiger partial charge in [0.25, 0.3) is 0 Å². The molecule has 0 bridgehead atoms. The molecule has 1 aromatic carbocycles. The number of Topliss-reactive ketones (excluding diaryl/α,β-unsaturated/α-hetero) is 1. The summed E-state index contributed by atoms with van der Waals surface area (Å²) in [4.78, 5) is 11.1. The topological polar surface area (TPSA) is 46.5 Å². The van der Waals surface area contributed by atoms with Crippen LogP contribution in [0.25, 0.3) is 0 Å². The predicted molar refractivity (Wildman–Crippen MR) is 71.6 cm³/mol. The van der Waals surface area contributed by atoms with Crippen LogP contribution in [0.4, 0.5) is 0 Å². The predicted octanol–water partition coefficient (Wildman–Crippen LogP) is 2.74. The van der Waals surface area contributed by atoms with Gasteiger partial charge in [0.2, 0.25) is 0 Å². The smallest absolute Gasteiger partial charge is 0.161 e. The Morgan fingerprint density at radius 3 is 2.50 bits per heavy atom. The van der Waals surface area contributed by atoms with Crippen LogP contribution in [0.15, 0.2) is 42.0 Å². The molecule has 0 radical (unpaired) electrons. The van der Waals surface area contributed by atoms with Crippen LogP contribution in [0, 0.1) is 0 Å². The molecule has 3 nitrogen and oxygen atoms in total. The van der Waals surface area contributed by atoms with Gasteiger partial charge in [-0.15, -0.1) is 0 Å². The highest BCUT2D eigenvalue weighted by Gasteiger charge is 2.24. The quantitative estimate of drug-likeness (QED) is 0.787.